The highest BCUT2D eigenvalue weighted by atomic mass is 35.5. The van der Waals surface area contributed by atoms with E-state index in [1.54, 1.807) is 6.07 Å². The first kappa shape index (κ1) is 12.0. The standard InChI is InChI=1S/C14H14Cl2N2O/c15-9-7-11-10(17-13(9)16)8-12(19-11)14-3-1-5-18(14)6-2-4-14/h7-8H,1-6H2. The van der Waals surface area contributed by atoms with E-state index in [1.807, 2.05) is 6.07 Å². The van der Waals surface area contributed by atoms with Crippen molar-refractivity contribution in [2.24, 2.45) is 0 Å². The summed E-state index contributed by atoms with van der Waals surface area (Å²) < 4.78 is 6.05. The molecule has 3 nitrogen and oxygen atoms in total. The van der Waals surface area contributed by atoms with Gasteiger partial charge in [-0.3, -0.25) is 4.90 Å². The molecule has 100 valence electrons. The topological polar surface area (TPSA) is 29.3 Å². The molecule has 2 fully saturated rings. The lowest BCUT2D eigenvalue weighted by Gasteiger charge is -2.29. The van der Waals surface area contributed by atoms with E-state index >= 15 is 0 Å². The van der Waals surface area contributed by atoms with Crippen molar-refractivity contribution in [3.8, 4) is 0 Å². The van der Waals surface area contributed by atoms with Crippen molar-refractivity contribution in [3.05, 3.63) is 28.1 Å². The Bertz CT molecular complexity index is 603. The van der Waals surface area contributed by atoms with Gasteiger partial charge in [0.15, 0.2) is 5.58 Å². The summed E-state index contributed by atoms with van der Waals surface area (Å²) in [7, 11) is 0. The molecule has 0 unspecified atom stereocenters. The minimum atomic E-state index is 0.0969. The Morgan fingerprint density at radius 2 is 1.89 bits per heavy atom. The molecule has 2 saturated heterocycles. The van der Waals surface area contributed by atoms with E-state index in [9.17, 15) is 0 Å². The van der Waals surface area contributed by atoms with Crippen LogP contribution in [0.25, 0.3) is 11.1 Å². The third-order valence-electron chi connectivity index (χ3n) is 4.51. The normalized spacial score (nSPS) is 22.2. The highest BCUT2D eigenvalue weighted by molar-refractivity contribution is 6.41. The molecule has 2 aromatic rings. The number of pyridine rings is 1. The van der Waals surface area contributed by atoms with E-state index in [4.69, 9.17) is 27.6 Å². The average molecular weight is 297 g/mol. The Morgan fingerprint density at radius 1 is 1.16 bits per heavy atom. The number of hydrogen-bond donors (Lipinski definition) is 0. The molecule has 0 N–H and O–H groups in total. The van der Waals surface area contributed by atoms with Crippen molar-refractivity contribution in [2.45, 2.75) is 31.2 Å². The fourth-order valence-corrected chi connectivity index (χ4v) is 3.94. The lowest BCUT2D eigenvalue weighted by atomic mass is 9.91. The van der Waals surface area contributed by atoms with Crippen LogP contribution in [-0.2, 0) is 5.54 Å². The second kappa shape index (κ2) is 4.11. The van der Waals surface area contributed by atoms with Crippen LogP contribution in [-0.4, -0.2) is 23.0 Å². The Morgan fingerprint density at radius 3 is 2.63 bits per heavy atom. The lowest BCUT2D eigenvalue weighted by molar-refractivity contribution is 0.166. The van der Waals surface area contributed by atoms with Crippen LogP contribution in [0.3, 0.4) is 0 Å². The molecule has 2 aliphatic heterocycles. The van der Waals surface area contributed by atoms with Gasteiger partial charge in [0.2, 0.25) is 0 Å². The van der Waals surface area contributed by atoms with E-state index in [0.717, 1.165) is 16.9 Å². The maximum atomic E-state index is 6.05. The first-order chi connectivity index (χ1) is 9.19. The number of hydrogen-bond acceptors (Lipinski definition) is 3. The van der Waals surface area contributed by atoms with Gasteiger partial charge in [0, 0.05) is 12.1 Å². The maximum absolute atomic E-state index is 6.05. The molecular weight excluding hydrogens is 283 g/mol. The molecule has 0 atom stereocenters. The zero-order valence-electron chi connectivity index (χ0n) is 10.5. The molecule has 4 heterocycles. The fraction of sp³-hybridized carbons (Fsp3) is 0.500. The quantitative estimate of drug-likeness (QED) is 0.738. The number of furan rings is 1. The van der Waals surface area contributed by atoms with Gasteiger partial charge in [-0.15, -0.1) is 0 Å². The molecule has 5 heteroatoms. The summed E-state index contributed by atoms with van der Waals surface area (Å²) in [6.45, 7) is 2.35. The van der Waals surface area contributed by atoms with Gasteiger partial charge in [-0.25, -0.2) is 4.98 Å². The van der Waals surface area contributed by atoms with Crippen molar-refractivity contribution in [2.75, 3.05) is 13.1 Å². The van der Waals surface area contributed by atoms with Gasteiger partial charge in [0.05, 0.1) is 10.6 Å². The minimum Gasteiger partial charge on any atom is -0.457 e. The molecule has 0 bridgehead atoms. The number of fused-ring (bicyclic) bond motifs is 2. The molecule has 0 spiro atoms. The van der Waals surface area contributed by atoms with Crippen LogP contribution < -0.4 is 0 Å². The van der Waals surface area contributed by atoms with E-state index in [1.165, 1.54) is 38.8 Å². The SMILES string of the molecule is Clc1cc2oc(C34CCCN3CCC4)cc2nc1Cl. The zero-order chi connectivity index (χ0) is 13.0. The predicted molar refractivity (Wildman–Crippen MR) is 75.7 cm³/mol. The van der Waals surface area contributed by atoms with Crippen LogP contribution in [0.1, 0.15) is 31.4 Å². The number of nitrogens with zero attached hydrogens (tertiary/aromatic N) is 2. The van der Waals surface area contributed by atoms with Crippen LogP contribution in [0.15, 0.2) is 16.5 Å². The first-order valence-electron chi connectivity index (χ1n) is 6.70. The van der Waals surface area contributed by atoms with Crippen molar-refractivity contribution in [1.29, 1.82) is 0 Å². The van der Waals surface area contributed by atoms with Gasteiger partial charge in [-0.1, -0.05) is 23.2 Å². The van der Waals surface area contributed by atoms with Gasteiger partial charge in [-0.05, 0) is 38.8 Å². The van der Waals surface area contributed by atoms with E-state index in [-0.39, 0.29) is 5.54 Å². The van der Waals surface area contributed by atoms with Gasteiger partial charge < -0.3 is 4.42 Å². The highest BCUT2D eigenvalue weighted by Gasteiger charge is 2.47. The van der Waals surface area contributed by atoms with Crippen LogP contribution >= 0.6 is 23.2 Å². The molecule has 0 amide bonds. The summed E-state index contributed by atoms with van der Waals surface area (Å²) in [5, 5.41) is 0.788. The van der Waals surface area contributed by atoms with Gasteiger partial charge in [0.25, 0.3) is 0 Å². The summed E-state index contributed by atoms with van der Waals surface area (Å²) in [5.41, 5.74) is 1.63. The molecule has 19 heavy (non-hydrogen) atoms. The van der Waals surface area contributed by atoms with Crippen LogP contribution in [0.2, 0.25) is 10.2 Å². The summed E-state index contributed by atoms with van der Waals surface area (Å²) in [6, 6.07) is 3.81. The smallest absolute Gasteiger partial charge is 0.154 e. The zero-order valence-corrected chi connectivity index (χ0v) is 12.0. The van der Waals surface area contributed by atoms with Crippen LogP contribution in [0.5, 0.6) is 0 Å². The molecule has 2 aliphatic rings. The number of aromatic nitrogens is 1. The monoisotopic (exact) mass is 296 g/mol. The molecule has 0 aromatic carbocycles. The van der Waals surface area contributed by atoms with Crippen molar-refractivity contribution < 1.29 is 4.42 Å². The van der Waals surface area contributed by atoms with Crippen molar-refractivity contribution in [1.82, 2.24) is 9.88 Å². The highest BCUT2D eigenvalue weighted by Crippen LogP contribution is 2.48. The third kappa shape index (κ3) is 1.65. The lowest BCUT2D eigenvalue weighted by Crippen LogP contribution is -2.34. The van der Waals surface area contributed by atoms with Crippen molar-refractivity contribution >= 4 is 34.3 Å². The Balaban J connectivity index is 1.87. The van der Waals surface area contributed by atoms with E-state index < -0.39 is 0 Å². The average Bonchev–Trinajstić information content (AvgIpc) is 3.01. The Labute approximate surface area is 121 Å². The van der Waals surface area contributed by atoms with Gasteiger partial charge in [0.1, 0.15) is 16.4 Å². The number of halogens is 2. The third-order valence-corrected chi connectivity index (χ3v) is 5.19. The van der Waals surface area contributed by atoms with Gasteiger partial charge >= 0.3 is 0 Å². The minimum absolute atomic E-state index is 0.0969. The van der Waals surface area contributed by atoms with Crippen LogP contribution in [0.4, 0.5) is 0 Å². The van der Waals surface area contributed by atoms with Crippen LogP contribution in [0, 0.1) is 0 Å². The Kier molecular flexibility index (Phi) is 2.60. The van der Waals surface area contributed by atoms with Crippen molar-refractivity contribution in [3.63, 3.8) is 0 Å². The second-order valence-electron chi connectivity index (χ2n) is 5.48. The summed E-state index contributed by atoms with van der Waals surface area (Å²) in [6.07, 6.45) is 4.83. The molecule has 0 saturated carbocycles. The molecule has 2 aromatic heterocycles. The van der Waals surface area contributed by atoms with E-state index in [2.05, 4.69) is 9.88 Å². The maximum Gasteiger partial charge on any atom is 0.154 e. The summed E-state index contributed by atoms with van der Waals surface area (Å²) in [4.78, 5) is 6.85. The van der Waals surface area contributed by atoms with Gasteiger partial charge in [-0.2, -0.15) is 0 Å². The predicted octanol–water partition coefficient (Wildman–Crippen LogP) is 4.22. The second-order valence-corrected chi connectivity index (χ2v) is 6.25. The fourth-order valence-electron chi connectivity index (χ4n) is 3.66. The molecule has 0 aliphatic carbocycles. The summed E-state index contributed by atoms with van der Waals surface area (Å²) in [5.74, 6) is 1.03. The summed E-state index contributed by atoms with van der Waals surface area (Å²) >= 11 is 12.0. The number of rotatable bonds is 1. The Hall–Kier alpha value is -0.770. The molecular formula is C14H14Cl2N2O. The first-order valence-corrected chi connectivity index (χ1v) is 7.46. The largest absolute Gasteiger partial charge is 0.457 e. The molecule has 4 rings (SSSR count). The molecule has 0 radical (unpaired) electrons. The van der Waals surface area contributed by atoms with E-state index in [0.29, 0.717) is 10.2 Å².